The summed E-state index contributed by atoms with van der Waals surface area (Å²) in [5, 5.41) is 4.07. The number of hydrogen-bond donors (Lipinski definition) is 0. The Morgan fingerprint density at radius 3 is 0.959 bits per heavy atom. The Labute approximate surface area is 845 Å². The van der Waals surface area contributed by atoms with Crippen molar-refractivity contribution in [1.82, 2.24) is 38.2 Å². The molecule has 26 rings (SSSR count). The van der Waals surface area contributed by atoms with E-state index in [9.17, 15) is 30.7 Å². The zero-order chi connectivity index (χ0) is 102. The van der Waals surface area contributed by atoms with Crippen molar-refractivity contribution in [3.8, 4) is 90.6 Å². The lowest BCUT2D eigenvalue weighted by Crippen LogP contribution is -2.30. The summed E-state index contributed by atoms with van der Waals surface area (Å²) >= 11 is 0. The van der Waals surface area contributed by atoms with Crippen molar-refractivity contribution in [2.24, 2.45) is 28.2 Å². The van der Waals surface area contributed by atoms with E-state index in [4.69, 9.17) is 17.7 Å². The summed E-state index contributed by atoms with van der Waals surface area (Å²) in [6, 6.07) is 107. The van der Waals surface area contributed by atoms with E-state index < -0.39 is 41.2 Å². The van der Waals surface area contributed by atoms with Gasteiger partial charge in [-0.25, -0.2) is 31.4 Å². The van der Waals surface area contributed by atoms with Gasteiger partial charge in [-0.2, -0.15) is 55.8 Å². The van der Waals surface area contributed by atoms with Gasteiger partial charge in [0.2, 0.25) is 46.6 Å². The van der Waals surface area contributed by atoms with Gasteiger partial charge in [0.1, 0.15) is 62.5 Å². The van der Waals surface area contributed by atoms with E-state index in [0.717, 1.165) is 180 Å². The topological polar surface area (TPSA) is 139 Å². The van der Waals surface area contributed by atoms with Crippen LogP contribution < -0.4 is 18.3 Å². The number of halogens is 7. The van der Waals surface area contributed by atoms with E-state index in [2.05, 4.69) is 319 Å². The van der Waals surface area contributed by atoms with E-state index in [0.29, 0.717) is 62.0 Å². The molecule has 148 heavy (non-hydrogen) atoms. The van der Waals surface area contributed by atoms with Crippen LogP contribution in [-0.2, 0) is 28.2 Å². The molecule has 0 saturated heterocycles. The third-order valence-electron chi connectivity index (χ3n) is 28.6. The maximum Gasteiger partial charge on any atom is 0.295 e. The highest BCUT2D eigenvalue weighted by molar-refractivity contribution is 6.09. The number of furan rings is 4. The Hall–Kier alpha value is -17.7. The summed E-state index contributed by atoms with van der Waals surface area (Å²) in [5.74, 6) is -0.409. The summed E-state index contributed by atoms with van der Waals surface area (Å²) in [4.78, 5) is 15.3. The zero-order valence-corrected chi connectivity index (χ0v) is 83.6. The number of nitrogens with zero attached hydrogens (tertiary/aromatic N) is 12. The second-order valence-corrected chi connectivity index (χ2v) is 38.8. The lowest BCUT2D eigenvalue weighted by atomic mass is 9.92. The second-order valence-electron chi connectivity index (χ2n) is 38.8. The number of fused-ring (bicyclic) bond motifs is 16. The first-order valence-corrected chi connectivity index (χ1v) is 49.2. The monoisotopic (exact) mass is 1960 g/mol. The molecule has 0 unspecified atom stereocenters. The Balaban J connectivity index is 0.000000109. The van der Waals surface area contributed by atoms with Crippen molar-refractivity contribution >= 4 is 132 Å². The van der Waals surface area contributed by atoms with Crippen molar-refractivity contribution < 1.29 is 66.7 Å². The minimum atomic E-state index is -0.901. The molecule has 0 fully saturated rings. The predicted molar refractivity (Wildman–Crippen MR) is 572 cm³/mol. The Kier molecular flexibility index (Phi) is 23.6. The van der Waals surface area contributed by atoms with Crippen LogP contribution in [0.5, 0.6) is 0 Å². The van der Waals surface area contributed by atoms with Crippen LogP contribution in [0.25, 0.3) is 223 Å². The van der Waals surface area contributed by atoms with Crippen LogP contribution in [0.3, 0.4) is 0 Å². The Morgan fingerprint density at radius 1 is 0.250 bits per heavy atom. The van der Waals surface area contributed by atoms with Crippen molar-refractivity contribution in [3.05, 3.63) is 408 Å². The molecular weight excluding hydrogens is 1870 g/mol. The van der Waals surface area contributed by atoms with Gasteiger partial charge in [0, 0.05) is 72.9 Å². The molecule has 0 spiro atoms. The molecule has 0 aliphatic rings. The lowest BCUT2D eigenvalue weighted by Gasteiger charge is -2.18. The fraction of sp³-hybridized carbons (Fsp3) is 0.136. The molecule has 12 aromatic heterocycles. The van der Waals surface area contributed by atoms with Gasteiger partial charge in [-0.05, 0) is 206 Å². The first kappa shape index (κ1) is 93.9. The molecule has 0 bridgehead atoms. The SMILES string of the molecule is Cc1cc2c(cc1-c1n(-c3c(-c4ccccc4)cccc3-c3ccccc3)c3ccccc3[n+]1C)oc1nc(F)ccc12.Cc1cc2c(cc1-c1n(-c3c(C(C)C)cccc3C(C)C)c3ccccc3[n+]1C)oc1nc(F)cc(F)c12.Cc1cc2c(cc1-c1n(-c3ccccc3)c3ccccc3[n+]1C)oc1nc(F)cc(F)c12.Cc1cc2c(cc1-c1n(-c3ccccc3C(C)C)c3ccccc3[n+]1C)oc1nc(F)cc(F)c12. The molecule has 16 nitrogen and oxygen atoms in total. The normalized spacial score (nSPS) is 11.9. The molecule has 0 radical (unpaired) electrons. The standard InChI is InChI=1S/C38H27FN3O.C32H30F2N3O.C29H24F2N3O.C26H18F2N3O/c1-24-22-31-29-20-21-35(39)40-37(29)43-34(31)23-30(24)38-41(2)32-18-9-10-19-33(32)42(38)36-27(25-12-5-3-6-13-25)16-11-17-28(36)26-14-7-4-8-15-26;1-17(2)20-10-9-11-21(18(3)4)30(20)37-26-13-8-7-12-25(26)36(6)32(37)22-15-27-23(14-19(22)5)29-24(33)16-28(34)35-31(29)38-27;1-16(2)18-9-5-6-10-22(18)34-24-12-8-7-11-23(24)33(4)29(34)19-14-25-20(13-17(19)3)27-21(30)15-26(31)32-28(27)35-25;1-15-12-18-22(32-25-24(18)19(27)14-23(28)29-25)13-17(15)26-30(2)20-10-6-7-11-21(20)31(26)16-8-4-3-5-9-16/h3-23H,1-2H3;7-18H,1-6H3;5-16H,1-4H3;3-14H,1-2H3/q4*+1. The van der Waals surface area contributed by atoms with E-state index in [1.807, 2.05) is 132 Å². The van der Waals surface area contributed by atoms with E-state index in [1.54, 1.807) is 6.07 Å². The highest BCUT2D eigenvalue weighted by Crippen LogP contribution is 2.47. The molecule has 14 aromatic carbocycles. The summed E-state index contributed by atoms with van der Waals surface area (Å²) in [6.07, 6.45) is 0. The van der Waals surface area contributed by atoms with Gasteiger partial charge in [-0.15, -0.1) is 0 Å². The summed E-state index contributed by atoms with van der Waals surface area (Å²) in [5.41, 5.74) is 31.4. The van der Waals surface area contributed by atoms with Crippen molar-refractivity contribution in [2.75, 3.05) is 0 Å². The van der Waals surface area contributed by atoms with Crippen LogP contribution in [0.2, 0.25) is 0 Å². The molecule has 0 amide bonds. The molecule has 12 heterocycles. The average Bonchev–Trinajstić information content (AvgIpc) is 1.76. The van der Waals surface area contributed by atoms with Gasteiger partial charge in [-0.1, -0.05) is 224 Å². The van der Waals surface area contributed by atoms with Crippen LogP contribution in [0.4, 0.5) is 30.7 Å². The minimum Gasteiger partial charge on any atom is -0.438 e. The summed E-state index contributed by atoms with van der Waals surface area (Å²) in [6.45, 7) is 21.4. The van der Waals surface area contributed by atoms with Gasteiger partial charge >= 0.3 is 0 Å². The van der Waals surface area contributed by atoms with Crippen LogP contribution in [-0.4, -0.2) is 38.2 Å². The molecule has 26 aromatic rings. The Bertz CT molecular complexity index is 9790. The molecule has 728 valence electrons. The van der Waals surface area contributed by atoms with E-state index >= 15 is 0 Å². The fourth-order valence-corrected chi connectivity index (χ4v) is 21.7. The number of benzene rings is 14. The van der Waals surface area contributed by atoms with E-state index in [1.165, 1.54) is 28.4 Å². The van der Waals surface area contributed by atoms with Crippen molar-refractivity contribution in [2.45, 2.75) is 87.0 Å². The van der Waals surface area contributed by atoms with Crippen LogP contribution >= 0.6 is 0 Å². The van der Waals surface area contributed by atoms with Gasteiger partial charge in [0.15, 0.2) is 44.1 Å². The molecule has 0 N–H and O–H groups in total. The Morgan fingerprint density at radius 2 is 0.554 bits per heavy atom. The highest BCUT2D eigenvalue weighted by Gasteiger charge is 2.38. The second kappa shape index (κ2) is 37.2. The number of para-hydroxylation sites is 12. The van der Waals surface area contributed by atoms with Crippen molar-refractivity contribution in [1.29, 1.82) is 0 Å². The van der Waals surface area contributed by atoms with Gasteiger partial charge in [0.25, 0.3) is 23.3 Å². The summed E-state index contributed by atoms with van der Waals surface area (Å²) in [7, 11) is 8.25. The molecule has 0 saturated carbocycles. The first-order chi connectivity index (χ1) is 71.6. The predicted octanol–water partition coefficient (Wildman–Crippen LogP) is 30.6. The number of rotatable bonds is 13. The number of aryl methyl sites for hydroxylation is 8. The van der Waals surface area contributed by atoms with Crippen LogP contribution in [0, 0.1) is 68.9 Å². The molecule has 0 atom stereocenters. The lowest BCUT2D eigenvalue weighted by molar-refractivity contribution is -0.634. The van der Waals surface area contributed by atoms with E-state index in [-0.39, 0.29) is 33.3 Å². The minimum absolute atomic E-state index is 0.0359. The summed E-state index contributed by atoms with van der Waals surface area (Å²) < 4.78 is 141. The first-order valence-electron chi connectivity index (χ1n) is 49.2. The van der Waals surface area contributed by atoms with Gasteiger partial charge < -0.3 is 17.7 Å². The molecule has 23 heteroatoms. The number of aromatic nitrogens is 12. The maximum atomic E-state index is 14.7. The third-order valence-corrected chi connectivity index (χ3v) is 28.6. The number of imidazole rings is 4. The highest BCUT2D eigenvalue weighted by atomic mass is 19.2. The van der Waals surface area contributed by atoms with Gasteiger partial charge in [-0.3, -0.25) is 0 Å². The van der Waals surface area contributed by atoms with Crippen molar-refractivity contribution in [3.63, 3.8) is 0 Å². The average molecular weight is 1970 g/mol. The largest absolute Gasteiger partial charge is 0.438 e. The molecular formula is C125H99F7N12O4+4. The van der Waals surface area contributed by atoms with Crippen LogP contribution in [0.1, 0.15) is 98.2 Å². The maximum absolute atomic E-state index is 14.7. The third kappa shape index (κ3) is 15.8. The fourth-order valence-electron chi connectivity index (χ4n) is 21.7. The number of hydrogen-bond acceptors (Lipinski definition) is 8. The van der Waals surface area contributed by atoms with Gasteiger partial charge in [0.05, 0.1) is 66.6 Å². The quantitative estimate of drug-likeness (QED) is 0.0632. The van der Waals surface area contributed by atoms with Crippen LogP contribution in [0.15, 0.2) is 345 Å². The smallest absolute Gasteiger partial charge is 0.295 e. The molecule has 0 aliphatic heterocycles. The molecule has 0 aliphatic carbocycles. The zero-order valence-electron chi connectivity index (χ0n) is 83.6. The number of pyridine rings is 4.